The van der Waals surface area contributed by atoms with E-state index in [-0.39, 0.29) is 24.4 Å². The number of hydrogen-bond donors (Lipinski definition) is 2. The van der Waals surface area contributed by atoms with Crippen LogP contribution in [-0.4, -0.2) is 25.0 Å². The number of nitrogens with one attached hydrogen (secondary N) is 2. The van der Waals surface area contributed by atoms with Crippen molar-refractivity contribution in [3.05, 3.63) is 48.2 Å². The number of amides is 1. The Bertz CT molecular complexity index is 606. The number of carbonyl (C=O) groups excluding carboxylic acids is 1. The molecule has 0 radical (unpaired) electrons. The quantitative estimate of drug-likeness (QED) is 0.883. The molecule has 1 aromatic carbocycles. The lowest BCUT2D eigenvalue weighted by atomic mass is 10.1. The van der Waals surface area contributed by atoms with Gasteiger partial charge in [0.05, 0.1) is 0 Å². The van der Waals surface area contributed by atoms with E-state index in [1.165, 1.54) is 0 Å². The van der Waals surface area contributed by atoms with Gasteiger partial charge in [-0.1, -0.05) is 30.3 Å². The highest BCUT2D eigenvalue weighted by Gasteiger charge is 2.15. The van der Waals surface area contributed by atoms with Crippen LogP contribution in [0.2, 0.25) is 0 Å². The molecule has 2 heterocycles. The molecule has 1 amide bonds. The SMILES string of the molecule is Cl.O=C(CCc1ccc(-c2ccccc2)o1)N[C@H]1CCCNC1. The zero-order valence-electron chi connectivity index (χ0n) is 13.1. The Balaban J connectivity index is 0.00000192. The van der Waals surface area contributed by atoms with Gasteiger partial charge in [-0.15, -0.1) is 12.4 Å². The van der Waals surface area contributed by atoms with Crippen molar-refractivity contribution in [2.75, 3.05) is 13.1 Å². The molecule has 1 aromatic heterocycles. The van der Waals surface area contributed by atoms with Crippen LogP contribution in [0, 0.1) is 0 Å². The lowest BCUT2D eigenvalue weighted by molar-refractivity contribution is -0.121. The van der Waals surface area contributed by atoms with E-state index in [1.54, 1.807) is 0 Å². The molecule has 0 spiro atoms. The number of halogens is 1. The van der Waals surface area contributed by atoms with Crippen molar-refractivity contribution in [3.63, 3.8) is 0 Å². The van der Waals surface area contributed by atoms with Gasteiger partial charge in [0.1, 0.15) is 11.5 Å². The molecular weight excluding hydrogens is 312 g/mol. The molecule has 1 atom stereocenters. The maximum absolute atomic E-state index is 12.0. The lowest BCUT2D eigenvalue weighted by Crippen LogP contribution is -2.45. The molecule has 4 nitrogen and oxygen atoms in total. The van der Waals surface area contributed by atoms with E-state index in [9.17, 15) is 4.79 Å². The first-order valence-electron chi connectivity index (χ1n) is 7.95. The second-order valence-electron chi connectivity index (χ2n) is 5.74. The van der Waals surface area contributed by atoms with Crippen molar-refractivity contribution in [1.82, 2.24) is 10.6 Å². The normalized spacial score (nSPS) is 17.3. The van der Waals surface area contributed by atoms with Crippen molar-refractivity contribution in [2.45, 2.75) is 31.7 Å². The topological polar surface area (TPSA) is 54.3 Å². The van der Waals surface area contributed by atoms with E-state index in [0.29, 0.717) is 12.8 Å². The highest BCUT2D eigenvalue weighted by molar-refractivity contribution is 5.85. The van der Waals surface area contributed by atoms with Crippen molar-refractivity contribution >= 4 is 18.3 Å². The third-order valence-corrected chi connectivity index (χ3v) is 3.98. The minimum absolute atomic E-state index is 0. The molecule has 0 bridgehead atoms. The fourth-order valence-electron chi connectivity index (χ4n) is 2.78. The average Bonchev–Trinajstić information content (AvgIpc) is 3.04. The van der Waals surface area contributed by atoms with E-state index in [0.717, 1.165) is 43.0 Å². The maximum atomic E-state index is 12.0. The van der Waals surface area contributed by atoms with Crippen LogP contribution in [0.25, 0.3) is 11.3 Å². The monoisotopic (exact) mass is 334 g/mol. The van der Waals surface area contributed by atoms with Crippen LogP contribution in [0.1, 0.15) is 25.0 Å². The smallest absolute Gasteiger partial charge is 0.220 e. The molecule has 1 fully saturated rings. The van der Waals surface area contributed by atoms with Gasteiger partial charge in [-0.2, -0.15) is 0 Å². The van der Waals surface area contributed by atoms with E-state index in [2.05, 4.69) is 10.6 Å². The zero-order chi connectivity index (χ0) is 15.2. The van der Waals surface area contributed by atoms with Crippen LogP contribution in [0.3, 0.4) is 0 Å². The summed E-state index contributed by atoms with van der Waals surface area (Å²) in [5.41, 5.74) is 1.06. The number of carbonyl (C=O) groups is 1. The van der Waals surface area contributed by atoms with Crippen molar-refractivity contribution in [3.8, 4) is 11.3 Å². The van der Waals surface area contributed by atoms with Gasteiger partial charge in [0.15, 0.2) is 0 Å². The second-order valence-corrected chi connectivity index (χ2v) is 5.74. The van der Waals surface area contributed by atoms with Crippen LogP contribution >= 0.6 is 12.4 Å². The zero-order valence-corrected chi connectivity index (χ0v) is 13.9. The minimum Gasteiger partial charge on any atom is -0.461 e. The predicted molar refractivity (Wildman–Crippen MR) is 93.7 cm³/mol. The summed E-state index contributed by atoms with van der Waals surface area (Å²) in [4.78, 5) is 12.0. The molecule has 3 rings (SSSR count). The summed E-state index contributed by atoms with van der Waals surface area (Å²) in [7, 11) is 0. The molecule has 2 aromatic rings. The summed E-state index contributed by atoms with van der Waals surface area (Å²) < 4.78 is 5.82. The Kier molecular flexibility index (Phi) is 6.68. The molecule has 0 aliphatic carbocycles. The molecule has 2 N–H and O–H groups in total. The first-order chi connectivity index (χ1) is 10.8. The molecule has 0 saturated carbocycles. The number of piperidine rings is 1. The molecule has 1 saturated heterocycles. The minimum atomic E-state index is 0. The third kappa shape index (κ3) is 5.12. The third-order valence-electron chi connectivity index (χ3n) is 3.98. The number of benzene rings is 1. The molecule has 23 heavy (non-hydrogen) atoms. The molecule has 0 unspecified atom stereocenters. The standard InChI is InChI=1S/C18H22N2O2.ClH/c21-18(20-15-7-4-12-19-13-15)11-9-16-8-10-17(22-16)14-5-2-1-3-6-14;/h1-3,5-6,8,10,15,19H,4,7,9,11-13H2,(H,20,21);1H/t15-;/m0./s1. The summed E-state index contributed by atoms with van der Waals surface area (Å²) in [5, 5.41) is 6.39. The van der Waals surface area contributed by atoms with Crippen molar-refractivity contribution in [2.24, 2.45) is 0 Å². The van der Waals surface area contributed by atoms with Gasteiger partial charge < -0.3 is 15.1 Å². The van der Waals surface area contributed by atoms with Crippen LogP contribution in [0.15, 0.2) is 46.9 Å². The highest BCUT2D eigenvalue weighted by atomic mass is 35.5. The van der Waals surface area contributed by atoms with Gasteiger partial charge in [0.2, 0.25) is 5.91 Å². The van der Waals surface area contributed by atoms with Crippen molar-refractivity contribution < 1.29 is 9.21 Å². The van der Waals surface area contributed by atoms with Gasteiger partial charge in [-0.3, -0.25) is 4.79 Å². The number of hydrogen-bond acceptors (Lipinski definition) is 3. The summed E-state index contributed by atoms with van der Waals surface area (Å²) in [5.74, 6) is 1.81. The predicted octanol–water partition coefficient (Wildman–Crippen LogP) is 3.17. The van der Waals surface area contributed by atoms with Crippen molar-refractivity contribution in [1.29, 1.82) is 0 Å². The number of aryl methyl sites for hydroxylation is 1. The van der Waals surface area contributed by atoms with Gasteiger partial charge in [0, 0.05) is 31.0 Å². The fraction of sp³-hybridized carbons (Fsp3) is 0.389. The number of rotatable bonds is 5. The Morgan fingerprint density at radius 1 is 1.22 bits per heavy atom. The fourth-order valence-corrected chi connectivity index (χ4v) is 2.78. The van der Waals surface area contributed by atoms with Crippen LogP contribution in [-0.2, 0) is 11.2 Å². The Hall–Kier alpha value is -1.78. The second kappa shape index (κ2) is 8.75. The van der Waals surface area contributed by atoms with Gasteiger partial charge in [-0.05, 0) is 31.5 Å². The molecule has 124 valence electrons. The largest absolute Gasteiger partial charge is 0.461 e. The maximum Gasteiger partial charge on any atom is 0.220 e. The summed E-state index contributed by atoms with van der Waals surface area (Å²) in [6.07, 6.45) is 3.30. The first kappa shape index (κ1) is 17.6. The lowest BCUT2D eigenvalue weighted by Gasteiger charge is -2.23. The molecule has 1 aliphatic rings. The van der Waals surface area contributed by atoms with Crippen LogP contribution in [0.5, 0.6) is 0 Å². The Labute approximate surface area is 143 Å². The molecule has 1 aliphatic heterocycles. The summed E-state index contributed by atoms with van der Waals surface area (Å²) >= 11 is 0. The summed E-state index contributed by atoms with van der Waals surface area (Å²) in [6, 6.07) is 14.2. The Morgan fingerprint density at radius 2 is 2.04 bits per heavy atom. The molecular formula is C18H23ClN2O2. The van der Waals surface area contributed by atoms with Crippen LogP contribution < -0.4 is 10.6 Å². The summed E-state index contributed by atoms with van der Waals surface area (Å²) in [6.45, 7) is 1.94. The van der Waals surface area contributed by atoms with E-state index in [4.69, 9.17) is 4.42 Å². The van der Waals surface area contributed by atoms with E-state index in [1.807, 2.05) is 42.5 Å². The molecule has 5 heteroatoms. The average molecular weight is 335 g/mol. The van der Waals surface area contributed by atoms with E-state index < -0.39 is 0 Å². The Morgan fingerprint density at radius 3 is 2.78 bits per heavy atom. The van der Waals surface area contributed by atoms with Gasteiger partial charge in [0.25, 0.3) is 0 Å². The van der Waals surface area contributed by atoms with Crippen LogP contribution in [0.4, 0.5) is 0 Å². The van der Waals surface area contributed by atoms with Gasteiger partial charge >= 0.3 is 0 Å². The highest BCUT2D eigenvalue weighted by Crippen LogP contribution is 2.22. The van der Waals surface area contributed by atoms with Gasteiger partial charge in [-0.25, -0.2) is 0 Å². The van der Waals surface area contributed by atoms with E-state index >= 15 is 0 Å². The number of furan rings is 1. The first-order valence-corrected chi connectivity index (χ1v) is 7.95.